The minimum Gasteiger partial charge on any atom is -0.515 e. The van der Waals surface area contributed by atoms with E-state index >= 15 is 0 Å². The third kappa shape index (κ3) is 18.4. The first kappa shape index (κ1) is 64.2. The normalized spacial score (nSPS) is 12.2. The summed E-state index contributed by atoms with van der Waals surface area (Å²) in [6, 6.07) is 20.8. The Balaban J connectivity index is 0.000000262. The van der Waals surface area contributed by atoms with Gasteiger partial charge in [-0.25, -0.2) is 37.8 Å². The Hall–Kier alpha value is -9.35. The summed E-state index contributed by atoms with van der Waals surface area (Å²) in [7, 11) is -0.708. The molecule has 0 saturated heterocycles. The number of aromatic nitrogens is 6. The first-order valence-corrected chi connectivity index (χ1v) is 24.3. The number of carbonyl (C=O) groups excluding carboxylic acids is 3. The average Bonchev–Trinajstić information content (AvgIpc) is 3.42. The lowest BCUT2D eigenvalue weighted by Crippen LogP contribution is -2.15. The molecular weight excluding hydrogens is 1120 g/mol. The van der Waals surface area contributed by atoms with E-state index < -0.39 is 74.4 Å². The third-order valence-corrected chi connectivity index (χ3v) is 11.0. The Morgan fingerprint density at radius 3 is 1.00 bits per heavy atom. The van der Waals surface area contributed by atoms with Gasteiger partial charge in [0.05, 0.1) is 40.1 Å². The molecule has 432 valence electrons. The molecule has 3 aromatic carbocycles. The van der Waals surface area contributed by atoms with E-state index in [1.54, 1.807) is 60.7 Å². The number of aliphatic hydroxyl groups excluding tert-OH is 3. The van der Waals surface area contributed by atoms with Crippen LogP contribution in [0.3, 0.4) is 0 Å². The van der Waals surface area contributed by atoms with Gasteiger partial charge in [-0.3, -0.25) is 0 Å². The summed E-state index contributed by atoms with van der Waals surface area (Å²) < 4.78 is 169. The van der Waals surface area contributed by atoms with Gasteiger partial charge >= 0.3 is 36.4 Å². The molecule has 0 fully saturated rings. The fourth-order valence-corrected chi connectivity index (χ4v) is 7.04. The zero-order valence-corrected chi connectivity index (χ0v) is 43.7. The zero-order valence-electron chi connectivity index (χ0n) is 42.8. The fourth-order valence-electron chi connectivity index (χ4n) is 6.52. The van der Waals surface area contributed by atoms with E-state index in [1.807, 2.05) is 0 Å². The molecule has 81 heavy (non-hydrogen) atoms. The molecule has 3 aromatic heterocycles. The lowest BCUT2D eigenvalue weighted by molar-refractivity contribution is -0.142. The minimum absolute atomic E-state index is 0.0892. The second-order valence-electron chi connectivity index (χ2n) is 15.9. The number of sulfone groups is 1. The molecule has 0 amide bonds. The number of rotatable bonds is 16. The molecule has 0 unspecified atom stereocenters. The Morgan fingerprint density at radius 1 is 0.469 bits per heavy atom. The predicted octanol–water partition coefficient (Wildman–Crippen LogP) is 9.46. The summed E-state index contributed by atoms with van der Waals surface area (Å²) in [5.74, 6) is -3.70. The molecule has 0 bridgehead atoms. The van der Waals surface area contributed by atoms with Gasteiger partial charge in [-0.2, -0.15) is 54.5 Å². The third-order valence-electron chi connectivity index (χ3n) is 10.2. The van der Waals surface area contributed by atoms with Crippen LogP contribution in [0.1, 0.15) is 62.1 Å². The van der Waals surface area contributed by atoms with E-state index in [2.05, 4.69) is 44.1 Å². The van der Waals surface area contributed by atoms with E-state index in [4.69, 9.17) is 14.2 Å². The first-order chi connectivity index (χ1) is 38.0. The van der Waals surface area contributed by atoms with E-state index in [9.17, 15) is 77.6 Å². The number of aliphatic hydroxyl groups is 3. The van der Waals surface area contributed by atoms with Crippen LogP contribution in [-0.2, 0) is 76.8 Å². The monoisotopic (exact) mass is 1170 g/mol. The molecule has 6 rings (SSSR count). The van der Waals surface area contributed by atoms with Gasteiger partial charge < -0.3 is 43.7 Å². The number of nitrogens with zero attached hydrogens (tertiary/aromatic N) is 6. The molecule has 20 nitrogen and oxygen atoms in total. The maximum Gasteiger partial charge on any atom is 0.433 e. The first-order valence-electron chi connectivity index (χ1n) is 22.4. The highest BCUT2D eigenvalue weighted by molar-refractivity contribution is 7.90. The summed E-state index contributed by atoms with van der Waals surface area (Å²) >= 11 is 0. The number of halogens is 9. The van der Waals surface area contributed by atoms with E-state index in [0.717, 1.165) is 21.3 Å². The number of hydrogen-bond donors (Lipinski definition) is 3. The van der Waals surface area contributed by atoms with Crippen molar-refractivity contribution in [1.29, 1.82) is 0 Å². The van der Waals surface area contributed by atoms with Crippen molar-refractivity contribution in [3.8, 4) is 17.6 Å². The maximum atomic E-state index is 13.0. The molecule has 0 atom stereocenters. The van der Waals surface area contributed by atoms with Crippen LogP contribution in [0.15, 0.2) is 115 Å². The quantitative estimate of drug-likeness (QED) is 0.0203. The molecule has 0 aliphatic carbocycles. The number of aryl methyl sites for hydroxylation is 2. The number of alkyl halides is 9. The van der Waals surface area contributed by atoms with Crippen LogP contribution in [0.4, 0.5) is 39.5 Å². The van der Waals surface area contributed by atoms with E-state index in [0.29, 0.717) is 71.1 Å². The van der Waals surface area contributed by atoms with Crippen LogP contribution in [0.2, 0.25) is 0 Å². The second-order valence-corrected chi connectivity index (χ2v) is 17.8. The highest BCUT2D eigenvalue weighted by atomic mass is 32.2. The van der Waals surface area contributed by atoms with Crippen LogP contribution in [0.25, 0.3) is 16.7 Å². The Morgan fingerprint density at radius 2 is 0.741 bits per heavy atom. The standard InChI is InChI=1S/C17H15F3N2O6S.2C17H15F3N2O4/c1-27-15(24)12(8-23)11-6-4-3-5-10(11)9-28-14-7-13(17(18,19)20)21-16(22-14)29(2,25)26;2*1-10-21-14(17(18,19)20)7-15(22-10)26-9-11-5-3-4-6-12(11)13(8-23)16(24)25-2/h3-8,23H,9H2,1-2H3;2*3-8,23H,9H2,1-2H3. The van der Waals surface area contributed by atoms with Crippen molar-refractivity contribution in [3.05, 3.63) is 172 Å². The summed E-state index contributed by atoms with van der Waals surface area (Å²) in [6.07, 6.45) is -11.8. The Kier molecular flexibility index (Phi) is 22.2. The number of ether oxygens (including phenoxy) is 6. The van der Waals surface area contributed by atoms with Crippen LogP contribution >= 0.6 is 0 Å². The van der Waals surface area contributed by atoms with Gasteiger partial charge in [0.25, 0.3) is 5.16 Å². The smallest absolute Gasteiger partial charge is 0.433 e. The van der Waals surface area contributed by atoms with Crippen molar-refractivity contribution in [1.82, 2.24) is 29.9 Å². The van der Waals surface area contributed by atoms with Crippen molar-refractivity contribution in [2.45, 2.75) is 57.4 Å². The molecule has 0 radical (unpaired) electrons. The summed E-state index contributed by atoms with van der Waals surface area (Å²) in [6.45, 7) is 1.89. The lowest BCUT2D eigenvalue weighted by atomic mass is 10.0. The van der Waals surface area contributed by atoms with Crippen LogP contribution in [0.5, 0.6) is 17.6 Å². The average molecular weight is 1170 g/mol. The molecule has 0 aliphatic heterocycles. The van der Waals surface area contributed by atoms with E-state index in [1.165, 1.54) is 26.0 Å². The number of methoxy groups -OCH3 is 3. The number of hydrogen-bond acceptors (Lipinski definition) is 20. The molecule has 0 saturated carbocycles. The van der Waals surface area contributed by atoms with Gasteiger partial charge in [0.1, 0.15) is 48.2 Å². The topological polar surface area (TPSA) is 279 Å². The van der Waals surface area contributed by atoms with Crippen molar-refractivity contribution in [2.24, 2.45) is 0 Å². The van der Waals surface area contributed by atoms with Crippen molar-refractivity contribution in [3.63, 3.8) is 0 Å². The van der Waals surface area contributed by atoms with Gasteiger partial charge in [-0.05, 0) is 47.2 Å². The van der Waals surface area contributed by atoms with Gasteiger partial charge in [-0.15, -0.1) is 0 Å². The zero-order chi connectivity index (χ0) is 60.5. The molecule has 3 N–H and O–H groups in total. The van der Waals surface area contributed by atoms with Crippen molar-refractivity contribution in [2.75, 3.05) is 27.6 Å². The highest BCUT2D eigenvalue weighted by Crippen LogP contribution is 2.33. The van der Waals surface area contributed by atoms with Gasteiger partial charge in [0.15, 0.2) is 17.1 Å². The van der Waals surface area contributed by atoms with Crippen molar-refractivity contribution >= 4 is 44.5 Å². The van der Waals surface area contributed by atoms with Gasteiger partial charge in [-0.1, -0.05) is 72.8 Å². The van der Waals surface area contributed by atoms with Crippen LogP contribution < -0.4 is 14.2 Å². The van der Waals surface area contributed by atoms with Crippen LogP contribution in [-0.4, -0.2) is 99.1 Å². The Bertz CT molecular complexity index is 3290. The fraction of sp³-hybridized carbons (Fsp3) is 0.235. The minimum atomic E-state index is -4.92. The largest absolute Gasteiger partial charge is 0.515 e. The predicted molar refractivity (Wildman–Crippen MR) is 264 cm³/mol. The number of esters is 3. The second kappa shape index (κ2) is 28.0. The van der Waals surface area contributed by atoms with Gasteiger partial charge in [0, 0.05) is 24.5 Å². The molecule has 6 aromatic rings. The molecule has 0 spiro atoms. The number of benzene rings is 3. The highest BCUT2D eigenvalue weighted by Gasteiger charge is 2.36. The van der Waals surface area contributed by atoms with Gasteiger partial charge in [0.2, 0.25) is 27.5 Å². The summed E-state index contributed by atoms with van der Waals surface area (Å²) in [5.41, 5.74) is -2.09. The molecule has 30 heteroatoms. The Labute approximate surface area is 453 Å². The maximum absolute atomic E-state index is 13.0. The van der Waals surface area contributed by atoms with Crippen LogP contribution in [0, 0.1) is 13.8 Å². The molecule has 0 aliphatic rings. The summed E-state index contributed by atoms with van der Waals surface area (Å²) in [5, 5.41) is 26.9. The van der Waals surface area contributed by atoms with Crippen molar-refractivity contribution < 1.29 is 106 Å². The molecular formula is C51H45F9N6O14S. The number of carbonyl (C=O) groups is 3. The van der Waals surface area contributed by atoms with E-state index in [-0.39, 0.29) is 65.5 Å². The SMILES string of the molecule is COC(=O)C(=CO)c1ccccc1COc1cc(C(F)(F)F)nc(C)n1.COC(=O)C(=CO)c1ccccc1COc1cc(C(F)(F)F)nc(C)n1.COC(=O)C(=CO)c1ccccc1COc1cc(C(F)(F)F)nc(S(C)(=O)=O)n1. The summed E-state index contributed by atoms with van der Waals surface area (Å²) in [4.78, 5) is 56.1. The molecule has 3 heterocycles. The lowest BCUT2D eigenvalue weighted by Gasteiger charge is -2.13.